The lowest BCUT2D eigenvalue weighted by Gasteiger charge is -2.26. The lowest BCUT2D eigenvalue weighted by Crippen LogP contribution is -2.58. The number of carboxylic acid groups (broad SMARTS) is 1. The maximum absolute atomic E-state index is 13.3. The topological polar surface area (TPSA) is 214 Å². The Hall–Kier alpha value is -4.45. The Morgan fingerprint density at radius 1 is 0.775 bits per heavy atom. The van der Waals surface area contributed by atoms with Crippen LogP contribution >= 0.6 is 0 Å². The van der Waals surface area contributed by atoms with Crippen molar-refractivity contribution >= 4 is 29.6 Å². The minimum absolute atomic E-state index is 0.00432. The Labute approximate surface area is 232 Å². The van der Waals surface area contributed by atoms with Crippen molar-refractivity contribution in [1.82, 2.24) is 16.0 Å². The highest BCUT2D eigenvalue weighted by Crippen LogP contribution is 2.13. The molecule has 4 amide bonds. The summed E-state index contributed by atoms with van der Waals surface area (Å²) in [5.74, 6) is -4.70. The number of amides is 4. The van der Waals surface area contributed by atoms with Crippen LogP contribution in [0.25, 0.3) is 0 Å². The number of aliphatic carboxylic acids is 1. The van der Waals surface area contributed by atoms with Crippen LogP contribution in [-0.4, -0.2) is 64.0 Å². The first-order chi connectivity index (χ1) is 18.9. The predicted molar refractivity (Wildman–Crippen MR) is 147 cm³/mol. The normalized spacial score (nSPS) is 14.6. The van der Waals surface area contributed by atoms with Gasteiger partial charge in [0.1, 0.15) is 23.9 Å². The van der Waals surface area contributed by atoms with E-state index in [1.165, 1.54) is 24.3 Å². The molecule has 0 saturated heterocycles. The van der Waals surface area contributed by atoms with Crippen LogP contribution in [0.1, 0.15) is 37.8 Å². The maximum Gasteiger partial charge on any atom is 0.326 e. The highest BCUT2D eigenvalue weighted by Gasteiger charge is 2.32. The molecular formula is C28H37N5O7. The molecule has 2 aromatic rings. The highest BCUT2D eigenvalue weighted by atomic mass is 16.4. The lowest BCUT2D eigenvalue weighted by molar-refractivity contribution is -0.142. The second-order valence-electron chi connectivity index (χ2n) is 9.66. The molecule has 0 aromatic heterocycles. The van der Waals surface area contributed by atoms with Crippen molar-refractivity contribution in [1.29, 1.82) is 0 Å². The smallest absolute Gasteiger partial charge is 0.326 e. The summed E-state index contributed by atoms with van der Waals surface area (Å²) in [5, 5.41) is 26.7. The van der Waals surface area contributed by atoms with Gasteiger partial charge in [-0.15, -0.1) is 0 Å². The van der Waals surface area contributed by atoms with Crippen LogP contribution < -0.4 is 27.4 Å². The zero-order valence-electron chi connectivity index (χ0n) is 22.5. The zero-order chi connectivity index (χ0) is 29.8. The Kier molecular flexibility index (Phi) is 12.1. The highest BCUT2D eigenvalue weighted by molar-refractivity contribution is 5.96. The fourth-order valence-corrected chi connectivity index (χ4v) is 3.86. The van der Waals surface area contributed by atoms with Crippen LogP contribution in [-0.2, 0) is 36.8 Å². The van der Waals surface area contributed by atoms with Gasteiger partial charge in [-0.2, -0.15) is 0 Å². The van der Waals surface area contributed by atoms with E-state index in [-0.39, 0.29) is 24.5 Å². The van der Waals surface area contributed by atoms with Gasteiger partial charge in [0.2, 0.25) is 23.6 Å². The second kappa shape index (κ2) is 15.2. The quantitative estimate of drug-likeness (QED) is 0.158. The molecule has 40 heavy (non-hydrogen) atoms. The molecule has 0 heterocycles. The fraction of sp³-hybridized carbons (Fsp3) is 0.393. The molecule has 0 radical (unpaired) electrons. The molecule has 0 bridgehead atoms. The number of primary amides is 1. The van der Waals surface area contributed by atoms with E-state index in [4.69, 9.17) is 11.5 Å². The number of phenolic OH excluding ortho intramolecular Hbond substituents is 1. The van der Waals surface area contributed by atoms with E-state index in [1.807, 2.05) is 6.92 Å². The van der Waals surface area contributed by atoms with Gasteiger partial charge in [0.25, 0.3) is 0 Å². The van der Waals surface area contributed by atoms with Crippen LogP contribution in [0.5, 0.6) is 5.75 Å². The van der Waals surface area contributed by atoms with Crippen molar-refractivity contribution in [3.05, 3.63) is 65.7 Å². The Balaban J connectivity index is 2.28. The summed E-state index contributed by atoms with van der Waals surface area (Å²) in [5.41, 5.74) is 12.5. The number of hydrogen-bond donors (Lipinski definition) is 7. The van der Waals surface area contributed by atoms with E-state index >= 15 is 0 Å². The van der Waals surface area contributed by atoms with Gasteiger partial charge in [-0.05, 0) is 29.2 Å². The van der Waals surface area contributed by atoms with Crippen LogP contribution in [0.2, 0.25) is 0 Å². The van der Waals surface area contributed by atoms with Gasteiger partial charge in [-0.1, -0.05) is 62.7 Å². The molecule has 0 aliphatic carbocycles. The number of benzene rings is 2. The molecule has 0 aliphatic rings. The lowest BCUT2D eigenvalue weighted by atomic mass is 9.98. The Bertz CT molecular complexity index is 1170. The molecule has 12 nitrogen and oxygen atoms in total. The second-order valence-corrected chi connectivity index (χ2v) is 9.66. The number of nitrogens with one attached hydrogen (secondary N) is 3. The van der Waals surface area contributed by atoms with Gasteiger partial charge >= 0.3 is 5.97 Å². The van der Waals surface area contributed by atoms with Crippen molar-refractivity contribution in [2.75, 3.05) is 0 Å². The van der Waals surface area contributed by atoms with E-state index in [1.54, 1.807) is 37.3 Å². The van der Waals surface area contributed by atoms with E-state index in [9.17, 15) is 34.2 Å². The average Bonchev–Trinajstić information content (AvgIpc) is 2.92. The molecule has 9 N–H and O–H groups in total. The first-order valence-electron chi connectivity index (χ1n) is 12.9. The molecule has 0 fully saturated rings. The number of phenols is 1. The fourth-order valence-electron chi connectivity index (χ4n) is 3.86. The van der Waals surface area contributed by atoms with Gasteiger partial charge in [0.05, 0.1) is 12.5 Å². The SMILES string of the molecule is CCC(C)C(N)C(=O)NC(CC(N)=O)C(=O)NC(Cc1ccc(O)cc1)C(=O)NC(Cc1ccccc1)C(=O)O. The minimum atomic E-state index is -1.42. The first-order valence-corrected chi connectivity index (χ1v) is 12.9. The van der Waals surface area contributed by atoms with Crippen LogP contribution in [0.3, 0.4) is 0 Å². The number of carboxylic acids is 1. The summed E-state index contributed by atoms with van der Waals surface area (Å²) in [6.07, 6.45) is -0.0389. The number of carbonyl (C=O) groups is 5. The Morgan fingerprint density at radius 2 is 1.27 bits per heavy atom. The summed E-state index contributed by atoms with van der Waals surface area (Å²) in [4.78, 5) is 62.8. The molecule has 216 valence electrons. The monoisotopic (exact) mass is 555 g/mol. The standard InChI is InChI=1S/C28H37N5O7/c1-3-16(2)24(30)27(38)32-21(15-23(29)35)26(37)31-20(13-18-9-11-19(34)12-10-18)25(36)33-22(28(39)40)14-17-7-5-4-6-8-17/h4-12,16,20-22,24,34H,3,13-15,30H2,1-2H3,(H2,29,35)(H,31,37)(H,32,38)(H,33,36)(H,39,40). The van der Waals surface area contributed by atoms with Crippen LogP contribution in [0.4, 0.5) is 0 Å². The zero-order valence-corrected chi connectivity index (χ0v) is 22.5. The number of carbonyl (C=O) groups excluding carboxylic acids is 4. The van der Waals surface area contributed by atoms with Crippen molar-refractivity contribution < 1.29 is 34.2 Å². The van der Waals surface area contributed by atoms with E-state index in [0.717, 1.165) is 0 Å². The third-order valence-corrected chi connectivity index (χ3v) is 6.50. The van der Waals surface area contributed by atoms with Gasteiger partial charge in [0, 0.05) is 12.8 Å². The Morgan fingerprint density at radius 3 is 1.82 bits per heavy atom. The number of hydrogen-bond acceptors (Lipinski definition) is 7. The molecule has 5 atom stereocenters. The third kappa shape index (κ3) is 10.0. The molecule has 0 spiro atoms. The molecule has 2 rings (SSSR count). The minimum Gasteiger partial charge on any atom is -0.508 e. The van der Waals surface area contributed by atoms with E-state index in [2.05, 4.69) is 16.0 Å². The van der Waals surface area contributed by atoms with Crippen LogP contribution in [0, 0.1) is 5.92 Å². The summed E-state index contributed by atoms with van der Waals surface area (Å²) < 4.78 is 0. The molecule has 0 aliphatic heterocycles. The van der Waals surface area contributed by atoms with Crippen molar-refractivity contribution in [3.63, 3.8) is 0 Å². The van der Waals surface area contributed by atoms with E-state index < -0.39 is 60.2 Å². The maximum atomic E-state index is 13.3. The average molecular weight is 556 g/mol. The predicted octanol–water partition coefficient (Wildman–Crippen LogP) is -0.0348. The van der Waals surface area contributed by atoms with Gasteiger partial charge in [-0.25, -0.2) is 4.79 Å². The van der Waals surface area contributed by atoms with Gasteiger partial charge in [-0.3, -0.25) is 19.2 Å². The van der Waals surface area contributed by atoms with Crippen molar-refractivity contribution in [2.24, 2.45) is 17.4 Å². The number of aromatic hydroxyl groups is 1. The number of nitrogens with two attached hydrogens (primary N) is 2. The summed E-state index contributed by atoms with van der Waals surface area (Å²) in [6, 6.07) is 9.59. The van der Waals surface area contributed by atoms with Crippen molar-refractivity contribution in [3.8, 4) is 5.75 Å². The summed E-state index contributed by atoms with van der Waals surface area (Å²) in [6.45, 7) is 3.61. The van der Waals surface area contributed by atoms with Crippen molar-refractivity contribution in [2.45, 2.75) is 63.7 Å². The van der Waals surface area contributed by atoms with Gasteiger partial charge in [0.15, 0.2) is 0 Å². The summed E-state index contributed by atoms with van der Waals surface area (Å²) >= 11 is 0. The molecule has 0 saturated carbocycles. The molecular weight excluding hydrogens is 518 g/mol. The number of rotatable bonds is 15. The third-order valence-electron chi connectivity index (χ3n) is 6.50. The van der Waals surface area contributed by atoms with Crippen LogP contribution in [0.15, 0.2) is 54.6 Å². The molecule has 12 heteroatoms. The summed E-state index contributed by atoms with van der Waals surface area (Å²) in [7, 11) is 0. The molecule has 2 aromatic carbocycles. The first kappa shape index (κ1) is 31.8. The molecule has 5 unspecified atom stereocenters. The van der Waals surface area contributed by atoms with E-state index in [0.29, 0.717) is 17.5 Å². The largest absolute Gasteiger partial charge is 0.508 e. The van der Waals surface area contributed by atoms with Gasteiger partial charge < -0.3 is 37.6 Å².